The zero-order valence-electron chi connectivity index (χ0n) is 12.5. The van der Waals surface area contributed by atoms with Crippen LogP contribution in [0.15, 0.2) is 18.2 Å². The molecule has 0 aliphatic carbocycles. The molecule has 2 rings (SSSR count). The summed E-state index contributed by atoms with van der Waals surface area (Å²) in [6.45, 7) is 3.59. The van der Waals surface area contributed by atoms with Crippen molar-refractivity contribution in [2.75, 3.05) is 25.0 Å². The fraction of sp³-hybridized carbons (Fsp3) is 0.471. The van der Waals surface area contributed by atoms with Crippen LogP contribution in [0, 0.1) is 11.8 Å². The van der Waals surface area contributed by atoms with Gasteiger partial charge < -0.3 is 15.3 Å². The Kier molecular flexibility index (Phi) is 5.65. The molecule has 1 aliphatic rings. The third-order valence-corrected chi connectivity index (χ3v) is 3.68. The van der Waals surface area contributed by atoms with E-state index in [0.717, 1.165) is 49.2 Å². The Morgan fingerprint density at radius 3 is 2.76 bits per heavy atom. The van der Waals surface area contributed by atoms with Crippen molar-refractivity contribution < 1.29 is 9.90 Å². The average Bonchev–Trinajstić information content (AvgIpc) is 2.54. The van der Waals surface area contributed by atoms with Gasteiger partial charge in [0.05, 0.1) is 0 Å². The fourth-order valence-electron chi connectivity index (χ4n) is 2.52. The molecule has 2 N–H and O–H groups in total. The minimum absolute atomic E-state index is 0.0152. The average molecular weight is 286 g/mol. The third-order valence-electron chi connectivity index (χ3n) is 3.68. The molecule has 21 heavy (non-hydrogen) atoms. The lowest BCUT2D eigenvalue weighted by molar-refractivity contribution is 0.200. The lowest BCUT2D eigenvalue weighted by atomic mass is 10.1. The first kappa shape index (κ1) is 15.4. The highest BCUT2D eigenvalue weighted by Crippen LogP contribution is 2.19. The molecule has 1 heterocycles. The number of piperidine rings is 1. The van der Waals surface area contributed by atoms with Crippen LogP contribution in [0.1, 0.15) is 37.3 Å². The van der Waals surface area contributed by atoms with Crippen LogP contribution in [0.2, 0.25) is 0 Å². The summed E-state index contributed by atoms with van der Waals surface area (Å²) in [5.41, 5.74) is 2.77. The zero-order chi connectivity index (χ0) is 15.1. The largest absolute Gasteiger partial charge is 0.384 e. The molecule has 0 unspecified atom stereocenters. The van der Waals surface area contributed by atoms with Crippen molar-refractivity contribution in [1.82, 2.24) is 4.90 Å². The highest BCUT2D eigenvalue weighted by molar-refractivity contribution is 5.90. The van der Waals surface area contributed by atoms with Crippen molar-refractivity contribution in [3.63, 3.8) is 0 Å². The van der Waals surface area contributed by atoms with Crippen LogP contribution in [0.3, 0.4) is 0 Å². The van der Waals surface area contributed by atoms with Gasteiger partial charge in [0.1, 0.15) is 6.61 Å². The lowest BCUT2D eigenvalue weighted by Gasteiger charge is -2.27. The molecule has 0 saturated carbocycles. The van der Waals surface area contributed by atoms with Gasteiger partial charge in [-0.2, -0.15) is 0 Å². The molecule has 0 atom stereocenters. The van der Waals surface area contributed by atoms with E-state index in [4.69, 9.17) is 5.11 Å². The Morgan fingerprint density at radius 2 is 2.10 bits per heavy atom. The molecule has 2 amide bonds. The maximum absolute atomic E-state index is 12.2. The molecular formula is C17H22N2O2. The Labute approximate surface area is 126 Å². The van der Waals surface area contributed by atoms with E-state index in [1.807, 2.05) is 23.1 Å². The van der Waals surface area contributed by atoms with E-state index >= 15 is 0 Å². The highest BCUT2D eigenvalue weighted by Gasteiger charge is 2.17. The number of rotatable bonds is 2. The summed E-state index contributed by atoms with van der Waals surface area (Å²) < 4.78 is 0. The number of urea groups is 1. The molecule has 0 radical (unpaired) electrons. The smallest absolute Gasteiger partial charge is 0.321 e. The molecule has 112 valence electrons. The Morgan fingerprint density at radius 1 is 1.33 bits per heavy atom. The SMILES string of the molecule is CCc1cc(C#CCO)ccc1NC(=O)N1CCCCC1. The lowest BCUT2D eigenvalue weighted by Crippen LogP contribution is -2.38. The summed E-state index contributed by atoms with van der Waals surface area (Å²) in [7, 11) is 0. The number of aryl methyl sites for hydroxylation is 1. The second-order valence-electron chi connectivity index (χ2n) is 5.16. The molecule has 1 aromatic rings. The number of amides is 2. The maximum Gasteiger partial charge on any atom is 0.321 e. The monoisotopic (exact) mass is 286 g/mol. The number of benzene rings is 1. The number of nitrogens with zero attached hydrogens (tertiary/aromatic N) is 1. The van der Waals surface area contributed by atoms with E-state index in [-0.39, 0.29) is 12.6 Å². The second-order valence-corrected chi connectivity index (χ2v) is 5.16. The number of carbonyl (C=O) groups is 1. The predicted molar refractivity (Wildman–Crippen MR) is 84.2 cm³/mol. The molecule has 4 heteroatoms. The molecule has 0 spiro atoms. The van der Waals surface area contributed by atoms with Gasteiger partial charge in [0, 0.05) is 24.3 Å². The van der Waals surface area contributed by atoms with Gasteiger partial charge in [-0.3, -0.25) is 0 Å². The first-order valence-electron chi connectivity index (χ1n) is 7.53. The summed E-state index contributed by atoms with van der Waals surface area (Å²) in [4.78, 5) is 14.1. The molecule has 1 fully saturated rings. The number of aliphatic hydroxyl groups is 1. The minimum atomic E-state index is -0.144. The molecule has 1 aliphatic heterocycles. The first-order valence-corrected chi connectivity index (χ1v) is 7.53. The third kappa shape index (κ3) is 4.24. The number of hydrogen-bond acceptors (Lipinski definition) is 2. The molecular weight excluding hydrogens is 264 g/mol. The molecule has 0 aromatic heterocycles. The van der Waals surface area contributed by atoms with E-state index in [1.54, 1.807) is 0 Å². The highest BCUT2D eigenvalue weighted by atomic mass is 16.2. The van der Waals surface area contributed by atoms with Gasteiger partial charge in [0.2, 0.25) is 0 Å². The zero-order valence-corrected chi connectivity index (χ0v) is 12.5. The van der Waals surface area contributed by atoms with E-state index in [9.17, 15) is 4.79 Å². The van der Waals surface area contributed by atoms with Crippen molar-refractivity contribution in [3.05, 3.63) is 29.3 Å². The van der Waals surface area contributed by atoms with Gasteiger partial charge in [-0.15, -0.1) is 0 Å². The quantitative estimate of drug-likeness (QED) is 0.821. The van der Waals surface area contributed by atoms with Crippen LogP contribution in [0.4, 0.5) is 10.5 Å². The van der Waals surface area contributed by atoms with Crippen molar-refractivity contribution in [3.8, 4) is 11.8 Å². The molecule has 1 saturated heterocycles. The number of aliphatic hydroxyl groups excluding tert-OH is 1. The van der Waals surface area contributed by atoms with Crippen LogP contribution >= 0.6 is 0 Å². The Bertz CT molecular complexity index is 552. The van der Waals surface area contributed by atoms with Crippen LogP contribution < -0.4 is 5.32 Å². The van der Waals surface area contributed by atoms with E-state index in [2.05, 4.69) is 24.1 Å². The van der Waals surface area contributed by atoms with E-state index in [0.29, 0.717) is 0 Å². The van der Waals surface area contributed by atoms with Crippen LogP contribution in [-0.4, -0.2) is 35.7 Å². The maximum atomic E-state index is 12.2. The fourth-order valence-corrected chi connectivity index (χ4v) is 2.52. The van der Waals surface area contributed by atoms with Crippen molar-refractivity contribution in [2.45, 2.75) is 32.6 Å². The summed E-state index contributed by atoms with van der Waals surface area (Å²) in [6.07, 6.45) is 4.21. The van der Waals surface area contributed by atoms with Crippen molar-refractivity contribution in [1.29, 1.82) is 0 Å². The van der Waals surface area contributed by atoms with Gasteiger partial charge in [-0.1, -0.05) is 18.8 Å². The standard InChI is InChI=1S/C17H22N2O2/c1-2-15-13-14(7-6-12-20)8-9-16(15)18-17(21)19-10-4-3-5-11-19/h8-9,13,20H,2-5,10-12H2,1H3,(H,18,21). The van der Waals surface area contributed by atoms with E-state index in [1.165, 1.54) is 6.42 Å². The second kappa shape index (κ2) is 7.70. The van der Waals surface area contributed by atoms with E-state index < -0.39 is 0 Å². The molecule has 4 nitrogen and oxygen atoms in total. The summed E-state index contributed by atoms with van der Waals surface area (Å²) in [6, 6.07) is 5.71. The number of carbonyl (C=O) groups excluding carboxylic acids is 1. The number of anilines is 1. The summed E-state index contributed by atoms with van der Waals surface area (Å²) in [5, 5.41) is 11.7. The van der Waals surface area contributed by atoms with Gasteiger partial charge in [0.25, 0.3) is 0 Å². The number of hydrogen-bond donors (Lipinski definition) is 2. The first-order chi connectivity index (χ1) is 10.2. The topological polar surface area (TPSA) is 52.6 Å². The van der Waals surface area contributed by atoms with Crippen LogP contribution in [0.25, 0.3) is 0 Å². The minimum Gasteiger partial charge on any atom is -0.384 e. The molecule has 1 aromatic carbocycles. The normalized spacial score (nSPS) is 14.3. The predicted octanol–water partition coefficient (Wildman–Crippen LogP) is 2.61. The van der Waals surface area contributed by atoms with Crippen LogP contribution in [-0.2, 0) is 6.42 Å². The summed E-state index contributed by atoms with van der Waals surface area (Å²) in [5.74, 6) is 5.53. The van der Waals surface area contributed by atoms with Gasteiger partial charge in [0.15, 0.2) is 0 Å². The van der Waals surface area contributed by atoms with Gasteiger partial charge in [-0.05, 0) is 49.4 Å². The van der Waals surface area contributed by atoms with Crippen LogP contribution in [0.5, 0.6) is 0 Å². The Hall–Kier alpha value is -1.99. The molecule has 0 bridgehead atoms. The number of likely N-dealkylation sites (tertiary alicyclic amines) is 1. The van der Waals surface area contributed by atoms with Crippen molar-refractivity contribution in [2.24, 2.45) is 0 Å². The van der Waals surface area contributed by atoms with Crippen molar-refractivity contribution >= 4 is 11.7 Å². The summed E-state index contributed by atoms with van der Waals surface area (Å²) >= 11 is 0. The van der Waals surface area contributed by atoms with Gasteiger partial charge >= 0.3 is 6.03 Å². The Balaban J connectivity index is 2.09. The van der Waals surface area contributed by atoms with Gasteiger partial charge in [-0.25, -0.2) is 4.79 Å². The number of nitrogens with one attached hydrogen (secondary N) is 1.